The van der Waals surface area contributed by atoms with Crippen LogP contribution in [-0.2, 0) is 52.2 Å². The fraction of sp³-hybridized carbons (Fsp3) is 0.681. The first-order valence-electron chi connectivity index (χ1n) is 33.0. The van der Waals surface area contributed by atoms with Gasteiger partial charge in [0.2, 0.25) is 0 Å². The fourth-order valence-electron chi connectivity index (χ4n) is 17.1. The smallest absolute Gasteiger partial charge is 0.338 e. The molecule has 1 N–H and O–H groups in total. The fourth-order valence-corrected chi connectivity index (χ4v) is 17.1. The van der Waals surface area contributed by atoms with E-state index in [1.807, 2.05) is 52.8 Å². The number of aliphatic hydroxyl groups excluding tert-OH is 1. The Hall–Kier alpha value is -4.87. The van der Waals surface area contributed by atoms with E-state index in [1.165, 1.54) is 0 Å². The number of esters is 3. The molecule has 476 valence electrons. The highest BCUT2D eigenvalue weighted by Gasteiger charge is 2.64. The van der Waals surface area contributed by atoms with Crippen LogP contribution in [0.25, 0.3) is 0 Å². The number of ketones is 2. The zero-order chi connectivity index (χ0) is 62.1. The van der Waals surface area contributed by atoms with Gasteiger partial charge in [0.05, 0.1) is 47.7 Å². The first-order valence-corrected chi connectivity index (χ1v) is 33.0. The van der Waals surface area contributed by atoms with Crippen LogP contribution in [0.15, 0.2) is 91.0 Å². The van der Waals surface area contributed by atoms with Crippen molar-refractivity contribution in [3.8, 4) is 0 Å². The minimum absolute atomic E-state index is 0.0395. The minimum atomic E-state index is -1.07. The summed E-state index contributed by atoms with van der Waals surface area (Å²) in [5.41, 5.74) is 0.913. The van der Waals surface area contributed by atoms with Crippen molar-refractivity contribution in [1.29, 1.82) is 0 Å². The average molecular weight is 1200 g/mol. The Morgan fingerprint density at radius 1 is 0.621 bits per heavy atom. The van der Waals surface area contributed by atoms with Crippen LogP contribution in [0.2, 0.25) is 0 Å². The predicted octanol–water partition coefficient (Wildman–Crippen LogP) is 12.7. The normalized spacial score (nSPS) is 39.9. The Morgan fingerprint density at radius 2 is 1.22 bits per heavy atom. The molecule has 4 saturated carbocycles. The van der Waals surface area contributed by atoms with Crippen LogP contribution in [-0.4, -0.2) is 115 Å². The monoisotopic (exact) mass is 1200 g/mol. The Kier molecular flexibility index (Phi) is 20.7. The number of ether oxygens (including phenoxy) is 9. The third-order valence-corrected chi connectivity index (χ3v) is 23.1. The summed E-state index contributed by atoms with van der Waals surface area (Å²) in [7, 11) is 0. The summed E-state index contributed by atoms with van der Waals surface area (Å²) in [5, 5.41) is 11.8. The molecule has 7 aliphatic rings. The van der Waals surface area contributed by atoms with Crippen LogP contribution in [0, 0.1) is 81.8 Å². The van der Waals surface area contributed by atoms with Gasteiger partial charge in [0.15, 0.2) is 25.0 Å². The molecule has 0 amide bonds. The van der Waals surface area contributed by atoms with Crippen LogP contribution in [0.4, 0.5) is 0 Å². The lowest BCUT2D eigenvalue weighted by Crippen LogP contribution is -2.60. The molecule has 0 aromatic heterocycles. The summed E-state index contributed by atoms with van der Waals surface area (Å²) < 4.78 is 58.3. The average Bonchev–Trinajstić information content (AvgIpc) is 1.70. The minimum Gasteiger partial charge on any atom is -0.459 e. The number of rotatable bonds is 20. The van der Waals surface area contributed by atoms with Crippen molar-refractivity contribution >= 4 is 29.5 Å². The molecule has 15 heteroatoms. The molecule has 3 aliphatic heterocycles. The van der Waals surface area contributed by atoms with Crippen molar-refractivity contribution in [2.24, 2.45) is 81.8 Å². The number of hydrogen-bond donors (Lipinski definition) is 1. The van der Waals surface area contributed by atoms with E-state index in [-0.39, 0.29) is 77.4 Å². The van der Waals surface area contributed by atoms with Gasteiger partial charge < -0.3 is 47.7 Å². The number of hydrogen-bond acceptors (Lipinski definition) is 15. The Labute approximate surface area is 516 Å². The summed E-state index contributed by atoms with van der Waals surface area (Å²) in [6, 6.07) is 26.2. The summed E-state index contributed by atoms with van der Waals surface area (Å²) in [6.07, 6.45) is 1.55. The first-order chi connectivity index (χ1) is 41.6. The van der Waals surface area contributed by atoms with Gasteiger partial charge in [-0.3, -0.25) is 9.59 Å². The van der Waals surface area contributed by atoms with Crippen LogP contribution >= 0.6 is 0 Å². The zero-order valence-electron chi connectivity index (χ0n) is 53.3. The van der Waals surface area contributed by atoms with Gasteiger partial charge in [0.25, 0.3) is 0 Å². The maximum atomic E-state index is 14.5. The summed E-state index contributed by atoms with van der Waals surface area (Å²) >= 11 is 0. The van der Waals surface area contributed by atoms with E-state index in [2.05, 4.69) is 41.5 Å². The maximum absolute atomic E-state index is 14.5. The van der Waals surface area contributed by atoms with Crippen molar-refractivity contribution < 1.29 is 71.7 Å². The number of fused-ring (bicyclic) bond motifs is 5. The number of aliphatic hydroxyl groups is 1. The van der Waals surface area contributed by atoms with E-state index in [9.17, 15) is 29.1 Å². The lowest BCUT2D eigenvalue weighted by atomic mass is 9.44. The maximum Gasteiger partial charge on any atom is 0.338 e. The van der Waals surface area contributed by atoms with Crippen LogP contribution in [0.5, 0.6) is 0 Å². The van der Waals surface area contributed by atoms with Gasteiger partial charge in [0.1, 0.15) is 36.5 Å². The van der Waals surface area contributed by atoms with Crippen LogP contribution in [0.3, 0.4) is 0 Å². The van der Waals surface area contributed by atoms with Crippen LogP contribution < -0.4 is 0 Å². The molecule has 7 fully saturated rings. The lowest BCUT2D eigenvalue weighted by Gasteiger charge is -2.61. The molecule has 0 spiro atoms. The van der Waals surface area contributed by atoms with Gasteiger partial charge in [-0.1, -0.05) is 124 Å². The van der Waals surface area contributed by atoms with Gasteiger partial charge in [-0.2, -0.15) is 0 Å². The number of carbonyl (C=O) groups excluding carboxylic acids is 5. The Balaban J connectivity index is 0.757. The van der Waals surface area contributed by atoms with E-state index >= 15 is 0 Å². The molecule has 15 nitrogen and oxygen atoms in total. The van der Waals surface area contributed by atoms with Gasteiger partial charge >= 0.3 is 17.9 Å². The molecule has 10 rings (SSSR count). The molecule has 3 heterocycles. The van der Waals surface area contributed by atoms with Crippen molar-refractivity contribution in [3.63, 3.8) is 0 Å². The Morgan fingerprint density at radius 3 is 1.85 bits per heavy atom. The van der Waals surface area contributed by atoms with Crippen LogP contribution in [0.1, 0.15) is 178 Å². The summed E-state index contributed by atoms with van der Waals surface area (Å²) in [4.78, 5) is 69.1. The molecule has 0 bridgehead atoms. The lowest BCUT2D eigenvalue weighted by molar-refractivity contribution is -0.353. The first kappa shape index (κ1) is 65.1. The van der Waals surface area contributed by atoms with E-state index in [0.717, 1.165) is 51.4 Å². The summed E-state index contributed by atoms with van der Waals surface area (Å²) in [5.74, 6) is -0.678. The standard InChI is InChI=1S/C72H98O15/c1-12-58-42(4)41(3)43(5)68(83-58)87-63-46(8)61(75)59(39-79-65(76)48-22-16-13-17-23-48)84-70(63)82-52-32-34-71(10)51(36-52)29-30-53-54(71)33-35-72(11)55(53)37-57(74)60(72)45(7)56(73)31-28-40(2)38-80-69-64(86-67(78)50-26-20-15-21-27-50)62(44(6)47(9)81-69)85-66(77)49-24-18-14-19-25-49/h13-27,40-47,51-55,58-64,68-70,75H,12,28-39H2,1-11H3/t40-,41-,42-,43?,44+,45+,46-,47?,51?,52?,53?,54?,55?,58?,59?,60?,61+,62-,63?,64?,68-,69+,70+,71?,72?/m0/s1. The second-order valence-corrected chi connectivity index (χ2v) is 28.1. The molecule has 87 heavy (non-hydrogen) atoms. The van der Waals surface area contributed by atoms with Gasteiger partial charge in [0, 0.05) is 42.4 Å². The highest BCUT2D eigenvalue weighted by Crippen LogP contribution is 2.68. The number of benzene rings is 3. The Bertz CT molecular complexity index is 2810. The predicted molar refractivity (Wildman–Crippen MR) is 326 cm³/mol. The molecule has 25 atom stereocenters. The van der Waals surface area contributed by atoms with E-state index in [4.69, 9.17) is 42.6 Å². The third-order valence-electron chi connectivity index (χ3n) is 23.1. The third kappa shape index (κ3) is 13.6. The highest BCUT2D eigenvalue weighted by atomic mass is 16.7. The van der Waals surface area contributed by atoms with Crippen molar-refractivity contribution in [1.82, 2.24) is 0 Å². The SMILES string of the molecule is CCC1O[C@@H](OC2[C@H](OC3CCC4(C)C(CCC5C4CCC4(C)C5CC(=O)C4[C@H](C)C(=O)CC[C@H](C)CO[C@@H]4OC(C)[C@@H](C)[C@H](OC(=O)c5ccccc5)C4OC(=O)c4ccccc4)C3)OC(COC(=O)c3ccccc3)[C@H](O)[C@@H]2C)C(C)[C@@H](C)[C@@H]1C. The van der Waals surface area contributed by atoms with E-state index in [1.54, 1.807) is 72.8 Å². The quantitative estimate of drug-likeness (QED) is 0.0638. The second kappa shape index (κ2) is 27.7. The molecule has 3 saturated heterocycles. The van der Waals surface area contributed by atoms with Gasteiger partial charge in [-0.25, -0.2) is 14.4 Å². The topological polar surface area (TPSA) is 189 Å². The molecule has 4 aliphatic carbocycles. The largest absolute Gasteiger partial charge is 0.459 e. The van der Waals surface area contributed by atoms with Gasteiger partial charge in [-0.05, 0) is 153 Å². The van der Waals surface area contributed by atoms with E-state index in [0.29, 0.717) is 65.5 Å². The number of Topliss-reactive ketones (excluding diaryl/α,β-unsaturated/α-hetero) is 2. The molecule has 0 radical (unpaired) electrons. The van der Waals surface area contributed by atoms with Crippen molar-refractivity contribution in [3.05, 3.63) is 108 Å². The van der Waals surface area contributed by atoms with Crippen molar-refractivity contribution in [2.45, 2.75) is 214 Å². The molecule has 3 aromatic rings. The van der Waals surface area contributed by atoms with Crippen molar-refractivity contribution in [2.75, 3.05) is 13.2 Å². The highest BCUT2D eigenvalue weighted by molar-refractivity contribution is 5.92. The molecule has 14 unspecified atom stereocenters. The molecule has 3 aromatic carbocycles. The zero-order valence-corrected chi connectivity index (χ0v) is 53.3. The second-order valence-electron chi connectivity index (χ2n) is 28.1. The van der Waals surface area contributed by atoms with E-state index < -0.39 is 85.2 Å². The molecular formula is C72H98O15. The summed E-state index contributed by atoms with van der Waals surface area (Å²) in [6.45, 7) is 23.4. The van der Waals surface area contributed by atoms with Gasteiger partial charge in [-0.15, -0.1) is 0 Å². The number of carbonyl (C=O) groups is 5. The molecular weight excluding hydrogens is 1100 g/mol.